The Balaban J connectivity index is 0.000000845. The average molecular weight is 203 g/mol. The summed E-state index contributed by atoms with van der Waals surface area (Å²) in [6.07, 6.45) is 0. The van der Waals surface area contributed by atoms with E-state index in [9.17, 15) is 9.59 Å². The van der Waals surface area contributed by atoms with Gasteiger partial charge in [0, 0.05) is 0 Å². The molecule has 0 saturated carbocycles. The summed E-state index contributed by atoms with van der Waals surface area (Å²) in [6, 6.07) is 6.30. The molecule has 1 aromatic rings. The van der Waals surface area contributed by atoms with Crippen molar-refractivity contribution >= 4 is 63.2 Å². The first kappa shape index (κ1) is 11.0. The van der Waals surface area contributed by atoms with E-state index in [0.717, 1.165) is 0 Å². The summed E-state index contributed by atoms with van der Waals surface area (Å²) in [7, 11) is 0. The number of hydrogen-bond donors (Lipinski definition) is 1. The summed E-state index contributed by atoms with van der Waals surface area (Å²) >= 11 is 0. The minimum atomic E-state index is -0.657. The van der Waals surface area contributed by atoms with Crippen LogP contribution in [0.3, 0.4) is 0 Å². The topological polar surface area (TPSA) is 57.6 Å². The van der Waals surface area contributed by atoms with Crippen molar-refractivity contribution in [2.45, 2.75) is 0 Å². The Labute approximate surface area is 117 Å². The van der Waals surface area contributed by atoms with Gasteiger partial charge in [0.05, 0.1) is 11.1 Å². The standard InChI is InChI=1S/C8H5NO3.K.H/c10-7-5-3-1-2-4-6(5)8(11)9(7)12;;/h1-4,12H;;. The Kier molecular flexibility index (Phi) is 3.39. The van der Waals surface area contributed by atoms with E-state index < -0.39 is 11.8 Å². The van der Waals surface area contributed by atoms with Gasteiger partial charge < -0.3 is 0 Å². The molecule has 0 saturated heterocycles. The summed E-state index contributed by atoms with van der Waals surface area (Å²) in [4.78, 5) is 22.1. The van der Waals surface area contributed by atoms with Gasteiger partial charge in [-0.25, -0.2) is 0 Å². The molecule has 62 valence electrons. The van der Waals surface area contributed by atoms with Crippen LogP contribution in [0.2, 0.25) is 0 Å². The molecule has 13 heavy (non-hydrogen) atoms. The van der Waals surface area contributed by atoms with Crippen LogP contribution in [0.4, 0.5) is 0 Å². The number of hydrogen-bond acceptors (Lipinski definition) is 3. The molecule has 4 nitrogen and oxygen atoms in total. The molecule has 0 unspecified atom stereocenters. The summed E-state index contributed by atoms with van der Waals surface area (Å²) in [6.45, 7) is 0. The van der Waals surface area contributed by atoms with Gasteiger partial charge in [0.1, 0.15) is 0 Å². The van der Waals surface area contributed by atoms with Crippen LogP contribution in [-0.4, -0.2) is 73.5 Å². The third kappa shape index (κ3) is 1.63. The van der Waals surface area contributed by atoms with Crippen LogP contribution >= 0.6 is 0 Å². The molecular weight excluding hydrogens is 197 g/mol. The van der Waals surface area contributed by atoms with E-state index in [1.54, 1.807) is 12.1 Å². The fourth-order valence-corrected chi connectivity index (χ4v) is 1.18. The van der Waals surface area contributed by atoms with Gasteiger partial charge in [0.2, 0.25) is 0 Å². The molecule has 1 aliphatic rings. The van der Waals surface area contributed by atoms with Crippen LogP contribution in [-0.2, 0) is 0 Å². The van der Waals surface area contributed by atoms with Crippen LogP contribution in [0, 0.1) is 0 Å². The molecule has 0 aliphatic carbocycles. The molecule has 0 radical (unpaired) electrons. The second-order valence-corrected chi connectivity index (χ2v) is 2.47. The van der Waals surface area contributed by atoms with Crippen molar-refractivity contribution in [2.75, 3.05) is 0 Å². The zero-order valence-electron chi connectivity index (χ0n) is 6.02. The van der Waals surface area contributed by atoms with Crippen LogP contribution < -0.4 is 0 Å². The van der Waals surface area contributed by atoms with E-state index >= 15 is 0 Å². The SMILES string of the molecule is O=C1c2ccccc2C(=O)N1O.[KH]. The van der Waals surface area contributed by atoms with E-state index in [2.05, 4.69) is 0 Å². The molecule has 0 atom stereocenters. The van der Waals surface area contributed by atoms with E-state index in [-0.39, 0.29) is 67.6 Å². The van der Waals surface area contributed by atoms with E-state index in [0.29, 0.717) is 0 Å². The summed E-state index contributed by atoms with van der Waals surface area (Å²) in [5.41, 5.74) is 0.509. The fourth-order valence-electron chi connectivity index (χ4n) is 1.18. The quantitative estimate of drug-likeness (QED) is 0.367. The summed E-state index contributed by atoms with van der Waals surface area (Å²) < 4.78 is 0. The molecule has 0 aromatic heterocycles. The second kappa shape index (κ2) is 3.99. The van der Waals surface area contributed by atoms with Gasteiger partial charge in [0.25, 0.3) is 11.8 Å². The van der Waals surface area contributed by atoms with Gasteiger partial charge in [0.15, 0.2) is 0 Å². The molecule has 1 aromatic carbocycles. The Morgan fingerprint density at radius 2 is 1.38 bits per heavy atom. The number of fused-ring (bicyclic) bond motifs is 1. The molecule has 0 spiro atoms. The molecular formula is C8H6KNO3. The Morgan fingerprint density at radius 1 is 1.00 bits per heavy atom. The maximum atomic E-state index is 11.1. The van der Waals surface area contributed by atoms with Gasteiger partial charge in [-0.1, -0.05) is 12.1 Å². The maximum absolute atomic E-state index is 11.1. The van der Waals surface area contributed by atoms with Crippen molar-refractivity contribution in [3.8, 4) is 0 Å². The first-order chi connectivity index (χ1) is 5.72. The number of carbonyl (C=O) groups excluding carboxylic acids is 2. The van der Waals surface area contributed by atoms with Crippen molar-refractivity contribution in [3.05, 3.63) is 35.4 Å². The molecule has 5 heteroatoms. The number of hydroxylamine groups is 2. The molecule has 2 amide bonds. The van der Waals surface area contributed by atoms with Crippen LogP contribution in [0.5, 0.6) is 0 Å². The van der Waals surface area contributed by atoms with Crippen LogP contribution in [0.1, 0.15) is 20.7 Å². The zero-order chi connectivity index (χ0) is 8.72. The number of imide groups is 1. The summed E-state index contributed by atoms with van der Waals surface area (Å²) in [5, 5.41) is 9.05. The van der Waals surface area contributed by atoms with Gasteiger partial charge in [-0.2, -0.15) is 0 Å². The third-order valence-electron chi connectivity index (χ3n) is 1.77. The Hall–Kier alpha value is -0.0436. The second-order valence-electron chi connectivity index (χ2n) is 2.47. The number of benzene rings is 1. The van der Waals surface area contributed by atoms with Crippen molar-refractivity contribution in [3.63, 3.8) is 0 Å². The van der Waals surface area contributed by atoms with Crippen molar-refractivity contribution in [2.24, 2.45) is 0 Å². The van der Waals surface area contributed by atoms with E-state index in [1.807, 2.05) is 0 Å². The predicted molar refractivity (Wildman–Crippen MR) is 45.9 cm³/mol. The Bertz CT molecular complexity index is 342. The molecule has 2 rings (SSSR count). The molecule has 1 heterocycles. The zero-order valence-corrected chi connectivity index (χ0v) is 6.02. The normalized spacial score (nSPS) is 14.1. The minimum absolute atomic E-state index is 0. The van der Waals surface area contributed by atoms with Crippen molar-refractivity contribution < 1.29 is 14.8 Å². The van der Waals surface area contributed by atoms with Crippen molar-refractivity contribution in [1.29, 1.82) is 0 Å². The summed E-state index contributed by atoms with van der Waals surface area (Å²) in [5.74, 6) is -1.31. The van der Waals surface area contributed by atoms with Crippen LogP contribution in [0.15, 0.2) is 24.3 Å². The molecule has 1 N–H and O–H groups in total. The van der Waals surface area contributed by atoms with Crippen molar-refractivity contribution in [1.82, 2.24) is 5.06 Å². The van der Waals surface area contributed by atoms with Gasteiger partial charge in [-0.3, -0.25) is 14.8 Å². The Morgan fingerprint density at radius 3 is 1.77 bits per heavy atom. The van der Waals surface area contributed by atoms with E-state index in [4.69, 9.17) is 5.21 Å². The number of rotatable bonds is 0. The fraction of sp³-hybridized carbons (Fsp3) is 0. The van der Waals surface area contributed by atoms with Crippen LogP contribution in [0.25, 0.3) is 0 Å². The number of carbonyl (C=O) groups is 2. The number of nitrogens with zero attached hydrogens (tertiary/aromatic N) is 1. The van der Waals surface area contributed by atoms with Gasteiger partial charge in [-0.15, -0.1) is 5.06 Å². The molecule has 1 aliphatic heterocycles. The third-order valence-corrected chi connectivity index (χ3v) is 1.77. The van der Waals surface area contributed by atoms with Gasteiger partial charge in [-0.05, 0) is 12.1 Å². The average Bonchev–Trinajstić information content (AvgIpc) is 2.33. The number of amides is 2. The predicted octanol–water partition coefficient (Wildman–Crippen LogP) is 0.0233. The van der Waals surface area contributed by atoms with E-state index in [1.165, 1.54) is 12.1 Å². The molecule has 0 fully saturated rings. The first-order valence-electron chi connectivity index (χ1n) is 3.38. The van der Waals surface area contributed by atoms with Gasteiger partial charge >= 0.3 is 51.4 Å². The molecule has 0 bridgehead atoms. The first-order valence-corrected chi connectivity index (χ1v) is 3.38. The monoisotopic (exact) mass is 203 g/mol.